The van der Waals surface area contributed by atoms with E-state index in [2.05, 4.69) is 10.1 Å². The Morgan fingerprint density at radius 1 is 1.32 bits per heavy atom. The Bertz CT molecular complexity index is 712. The molecule has 22 heavy (non-hydrogen) atoms. The van der Waals surface area contributed by atoms with E-state index in [0.29, 0.717) is 30.4 Å². The lowest BCUT2D eigenvalue weighted by atomic mass is 10.1. The molecule has 0 spiro atoms. The molecule has 0 unspecified atom stereocenters. The molecule has 1 atom stereocenters. The molecule has 3 rings (SSSR count). The van der Waals surface area contributed by atoms with Crippen LogP contribution in [0.3, 0.4) is 0 Å². The van der Waals surface area contributed by atoms with Gasteiger partial charge in [0, 0.05) is 42.0 Å². The number of aromatic nitrogens is 3. The van der Waals surface area contributed by atoms with Crippen LogP contribution in [0.15, 0.2) is 36.7 Å². The second-order valence-corrected chi connectivity index (χ2v) is 8.07. The number of rotatable bonds is 2. The summed E-state index contributed by atoms with van der Waals surface area (Å²) in [4.78, 5) is 18.8. The van der Waals surface area contributed by atoms with Crippen molar-refractivity contribution >= 4 is 16.7 Å². The van der Waals surface area contributed by atoms with Crippen molar-refractivity contribution in [2.24, 2.45) is 0 Å². The van der Waals surface area contributed by atoms with Gasteiger partial charge >= 0.3 is 0 Å². The van der Waals surface area contributed by atoms with E-state index in [1.165, 1.54) is 0 Å². The molecule has 1 aliphatic heterocycles. The maximum absolute atomic E-state index is 12.7. The molecule has 1 amide bonds. The van der Waals surface area contributed by atoms with E-state index in [0.717, 1.165) is 0 Å². The number of pyridine rings is 1. The fourth-order valence-corrected chi connectivity index (χ4v) is 3.73. The van der Waals surface area contributed by atoms with Gasteiger partial charge in [-0.15, -0.1) is 0 Å². The van der Waals surface area contributed by atoms with E-state index >= 15 is 0 Å². The van der Waals surface area contributed by atoms with Gasteiger partial charge in [0.2, 0.25) is 0 Å². The SMILES string of the molecule is CC1(C)CN(C(=O)c2cccc(-n3cccn3)n2)CC[S@@]1=O. The Morgan fingerprint density at radius 3 is 2.82 bits per heavy atom. The Hall–Kier alpha value is -2.02. The van der Waals surface area contributed by atoms with Crippen LogP contribution in [0, 0.1) is 0 Å². The molecule has 0 saturated carbocycles. The summed E-state index contributed by atoms with van der Waals surface area (Å²) in [7, 11) is -0.901. The third-order valence-electron chi connectivity index (χ3n) is 3.71. The minimum absolute atomic E-state index is 0.126. The lowest BCUT2D eigenvalue weighted by Crippen LogP contribution is -2.52. The average molecular weight is 318 g/mol. The van der Waals surface area contributed by atoms with E-state index in [1.54, 1.807) is 46.2 Å². The average Bonchev–Trinajstić information content (AvgIpc) is 3.04. The van der Waals surface area contributed by atoms with E-state index in [-0.39, 0.29) is 10.7 Å². The van der Waals surface area contributed by atoms with Gasteiger partial charge in [-0.1, -0.05) is 6.07 Å². The molecule has 7 heteroatoms. The van der Waals surface area contributed by atoms with Crippen molar-refractivity contribution in [3.05, 3.63) is 42.4 Å². The summed E-state index contributed by atoms with van der Waals surface area (Å²) < 4.78 is 13.2. The maximum Gasteiger partial charge on any atom is 0.272 e. The summed E-state index contributed by atoms with van der Waals surface area (Å²) in [6.45, 7) is 4.83. The predicted octanol–water partition coefficient (Wildman–Crippen LogP) is 1.25. The molecule has 0 aliphatic carbocycles. The van der Waals surface area contributed by atoms with Gasteiger partial charge in [-0.25, -0.2) is 9.67 Å². The molecule has 1 aliphatic rings. The van der Waals surface area contributed by atoms with Crippen LogP contribution in [0.4, 0.5) is 0 Å². The van der Waals surface area contributed by atoms with Crippen LogP contribution in [0.1, 0.15) is 24.3 Å². The Labute approximate surface area is 131 Å². The number of hydrogen-bond acceptors (Lipinski definition) is 4. The van der Waals surface area contributed by atoms with Crippen LogP contribution in [0.5, 0.6) is 0 Å². The van der Waals surface area contributed by atoms with Crippen LogP contribution in [-0.2, 0) is 10.8 Å². The third kappa shape index (κ3) is 2.81. The van der Waals surface area contributed by atoms with Crippen LogP contribution in [-0.4, -0.2) is 53.4 Å². The van der Waals surface area contributed by atoms with Crippen LogP contribution in [0.2, 0.25) is 0 Å². The van der Waals surface area contributed by atoms with Gasteiger partial charge in [0.15, 0.2) is 5.82 Å². The highest BCUT2D eigenvalue weighted by Crippen LogP contribution is 2.21. The zero-order chi connectivity index (χ0) is 15.7. The zero-order valence-electron chi connectivity index (χ0n) is 12.6. The summed E-state index contributed by atoms with van der Waals surface area (Å²) in [5, 5.41) is 4.12. The Kier molecular flexibility index (Phi) is 3.82. The molecule has 2 aromatic heterocycles. The first-order valence-electron chi connectivity index (χ1n) is 7.12. The number of carbonyl (C=O) groups is 1. The molecule has 6 nitrogen and oxygen atoms in total. The third-order valence-corrected chi connectivity index (χ3v) is 5.63. The smallest absolute Gasteiger partial charge is 0.272 e. The summed E-state index contributed by atoms with van der Waals surface area (Å²) in [6.07, 6.45) is 3.45. The van der Waals surface area contributed by atoms with Gasteiger partial charge in [-0.05, 0) is 32.0 Å². The lowest BCUT2D eigenvalue weighted by Gasteiger charge is -2.37. The normalized spacial score (nSPS) is 20.8. The quantitative estimate of drug-likeness (QED) is 0.836. The van der Waals surface area contributed by atoms with E-state index in [1.807, 2.05) is 13.8 Å². The lowest BCUT2D eigenvalue weighted by molar-refractivity contribution is 0.0740. The molecular weight excluding hydrogens is 300 g/mol. The first kappa shape index (κ1) is 14.9. The van der Waals surface area contributed by atoms with Crippen molar-refractivity contribution in [1.82, 2.24) is 19.7 Å². The molecule has 2 aromatic rings. The number of amides is 1. The van der Waals surface area contributed by atoms with E-state index < -0.39 is 10.8 Å². The number of nitrogens with zero attached hydrogens (tertiary/aromatic N) is 4. The molecule has 116 valence electrons. The molecule has 0 bridgehead atoms. The van der Waals surface area contributed by atoms with Gasteiger partial charge in [0.25, 0.3) is 5.91 Å². The summed E-state index contributed by atoms with van der Waals surface area (Å²) >= 11 is 0. The highest BCUT2D eigenvalue weighted by Gasteiger charge is 2.35. The monoisotopic (exact) mass is 318 g/mol. The van der Waals surface area contributed by atoms with Gasteiger partial charge < -0.3 is 4.90 Å². The van der Waals surface area contributed by atoms with E-state index in [4.69, 9.17) is 0 Å². The minimum atomic E-state index is -0.901. The Morgan fingerprint density at radius 2 is 2.14 bits per heavy atom. The molecule has 1 saturated heterocycles. The topological polar surface area (TPSA) is 68.1 Å². The van der Waals surface area contributed by atoms with Gasteiger partial charge in [-0.3, -0.25) is 9.00 Å². The highest BCUT2D eigenvalue weighted by molar-refractivity contribution is 7.86. The summed E-state index contributed by atoms with van der Waals surface area (Å²) in [5.74, 6) is 0.992. The predicted molar refractivity (Wildman–Crippen MR) is 84.4 cm³/mol. The second kappa shape index (κ2) is 5.64. The Balaban J connectivity index is 1.84. The van der Waals surface area contributed by atoms with Gasteiger partial charge in [0.05, 0.1) is 4.75 Å². The van der Waals surface area contributed by atoms with Gasteiger partial charge in [-0.2, -0.15) is 5.10 Å². The van der Waals surface area contributed by atoms with Crippen LogP contribution in [0.25, 0.3) is 5.82 Å². The molecule has 0 N–H and O–H groups in total. The van der Waals surface area contributed by atoms with Crippen molar-refractivity contribution in [2.45, 2.75) is 18.6 Å². The van der Waals surface area contributed by atoms with Crippen LogP contribution >= 0.6 is 0 Å². The standard InChI is InChI=1S/C15H18N4O2S/c1-15(2)11-18(9-10-22(15)21)14(20)12-5-3-6-13(17-12)19-8-4-7-16-19/h3-8H,9-11H2,1-2H3/t22-/m0/s1. The fourth-order valence-electron chi connectivity index (χ4n) is 2.49. The van der Waals surface area contributed by atoms with Crippen molar-refractivity contribution in [3.63, 3.8) is 0 Å². The van der Waals surface area contributed by atoms with Crippen molar-refractivity contribution in [1.29, 1.82) is 0 Å². The largest absolute Gasteiger partial charge is 0.335 e. The van der Waals surface area contributed by atoms with Gasteiger partial charge in [0.1, 0.15) is 5.69 Å². The maximum atomic E-state index is 12.7. The van der Waals surface area contributed by atoms with Crippen molar-refractivity contribution < 1.29 is 9.00 Å². The second-order valence-electron chi connectivity index (χ2n) is 5.87. The van der Waals surface area contributed by atoms with Crippen molar-refractivity contribution in [2.75, 3.05) is 18.8 Å². The highest BCUT2D eigenvalue weighted by atomic mass is 32.2. The molecule has 0 radical (unpaired) electrons. The molecular formula is C15H18N4O2S. The van der Waals surface area contributed by atoms with E-state index in [9.17, 15) is 9.00 Å². The first-order chi connectivity index (χ1) is 10.5. The van der Waals surface area contributed by atoms with Crippen LogP contribution < -0.4 is 0 Å². The zero-order valence-corrected chi connectivity index (χ0v) is 13.4. The number of carbonyl (C=O) groups excluding carboxylic acids is 1. The minimum Gasteiger partial charge on any atom is -0.335 e. The molecule has 0 aromatic carbocycles. The molecule has 3 heterocycles. The first-order valence-corrected chi connectivity index (χ1v) is 8.44. The summed E-state index contributed by atoms with van der Waals surface area (Å²) in [6, 6.07) is 7.11. The summed E-state index contributed by atoms with van der Waals surface area (Å²) in [5.41, 5.74) is 0.386. The number of hydrogen-bond donors (Lipinski definition) is 0. The van der Waals surface area contributed by atoms with Crippen molar-refractivity contribution in [3.8, 4) is 5.82 Å². The molecule has 1 fully saturated rings. The fraction of sp³-hybridized carbons (Fsp3) is 0.400.